The third-order valence-electron chi connectivity index (χ3n) is 2.68. The van der Waals surface area contributed by atoms with Crippen molar-refractivity contribution in [1.29, 1.82) is 0 Å². The summed E-state index contributed by atoms with van der Waals surface area (Å²) in [4.78, 5) is 23.7. The average molecular weight is 399 g/mol. The smallest absolute Gasteiger partial charge is 0.358 e. The second kappa shape index (κ2) is 4.52. The summed E-state index contributed by atoms with van der Waals surface area (Å²) in [5.74, 6) is -2.03. The molecular formula is C11H7Br2F2NO3. The van der Waals surface area contributed by atoms with Gasteiger partial charge in [-0.3, -0.25) is 4.79 Å². The second-order valence-electron chi connectivity index (χ2n) is 3.76. The van der Waals surface area contributed by atoms with Crippen LogP contribution in [0.1, 0.15) is 15.9 Å². The van der Waals surface area contributed by atoms with Crippen molar-refractivity contribution in [3.63, 3.8) is 0 Å². The number of fused-ring (bicyclic) bond motifs is 1. The molecule has 1 aliphatic heterocycles. The van der Waals surface area contributed by atoms with Crippen LogP contribution in [0.2, 0.25) is 0 Å². The summed E-state index contributed by atoms with van der Waals surface area (Å²) in [6.45, 7) is 0. The molecule has 0 radical (unpaired) electrons. The van der Waals surface area contributed by atoms with Crippen LogP contribution in [0.3, 0.4) is 0 Å². The van der Waals surface area contributed by atoms with Crippen LogP contribution in [0.15, 0.2) is 24.3 Å². The van der Waals surface area contributed by atoms with Gasteiger partial charge in [0.1, 0.15) is 0 Å². The Labute approximate surface area is 124 Å². The molecule has 0 spiro atoms. The van der Waals surface area contributed by atoms with E-state index in [1.165, 1.54) is 18.2 Å². The molecule has 4 nitrogen and oxygen atoms in total. The molecule has 0 fully saturated rings. The van der Waals surface area contributed by atoms with Gasteiger partial charge in [-0.2, -0.15) is 8.78 Å². The maximum absolute atomic E-state index is 14.3. The lowest BCUT2D eigenvalue weighted by Gasteiger charge is -2.33. The lowest BCUT2D eigenvalue weighted by atomic mass is 10.1. The SMILES string of the molecule is COC(=O)C(Br)(Br)N1C(=O)c2ccccc2C1(F)F. The Bertz CT molecular complexity index is 563. The minimum absolute atomic E-state index is 0.108. The molecule has 1 heterocycles. The van der Waals surface area contributed by atoms with E-state index in [9.17, 15) is 18.4 Å². The van der Waals surface area contributed by atoms with Gasteiger partial charge in [0.25, 0.3) is 9.26 Å². The third-order valence-corrected chi connectivity index (χ3v) is 4.03. The van der Waals surface area contributed by atoms with Crippen LogP contribution in [0.4, 0.5) is 8.78 Å². The molecule has 0 unspecified atom stereocenters. The van der Waals surface area contributed by atoms with Gasteiger partial charge < -0.3 is 4.74 Å². The molecule has 0 atom stereocenters. The van der Waals surface area contributed by atoms with E-state index < -0.39 is 26.8 Å². The molecule has 0 aliphatic carbocycles. The quantitative estimate of drug-likeness (QED) is 0.437. The van der Waals surface area contributed by atoms with Gasteiger partial charge in [0.15, 0.2) is 0 Å². The van der Waals surface area contributed by atoms with Gasteiger partial charge in [0.2, 0.25) is 0 Å². The van der Waals surface area contributed by atoms with E-state index in [0.717, 1.165) is 13.2 Å². The summed E-state index contributed by atoms with van der Waals surface area (Å²) in [6.07, 6.45) is 0. The molecule has 1 aromatic carbocycles. The van der Waals surface area contributed by atoms with Gasteiger partial charge in [-0.25, -0.2) is 9.69 Å². The van der Waals surface area contributed by atoms with Crippen LogP contribution >= 0.6 is 31.9 Å². The minimum atomic E-state index is -3.63. The highest BCUT2D eigenvalue weighted by Gasteiger charge is 2.61. The predicted molar refractivity (Wildman–Crippen MR) is 69.1 cm³/mol. The first-order valence-electron chi connectivity index (χ1n) is 5.02. The molecule has 0 saturated carbocycles. The number of ether oxygens (including phenoxy) is 1. The molecule has 0 N–H and O–H groups in total. The Kier molecular flexibility index (Phi) is 3.42. The maximum atomic E-state index is 14.3. The summed E-state index contributed by atoms with van der Waals surface area (Å²) in [5, 5.41) is 0. The highest BCUT2D eigenvalue weighted by atomic mass is 79.9. The van der Waals surface area contributed by atoms with Crippen LogP contribution in [-0.2, 0) is 15.6 Å². The van der Waals surface area contributed by atoms with Crippen molar-refractivity contribution in [3.05, 3.63) is 35.4 Å². The zero-order valence-electron chi connectivity index (χ0n) is 9.49. The van der Waals surface area contributed by atoms with Gasteiger partial charge in [-0.1, -0.05) is 18.2 Å². The first-order chi connectivity index (χ1) is 8.74. The zero-order valence-corrected chi connectivity index (χ0v) is 12.7. The third kappa shape index (κ3) is 1.97. The molecule has 1 aromatic rings. The van der Waals surface area contributed by atoms with Gasteiger partial charge in [0, 0.05) is 0 Å². The maximum Gasteiger partial charge on any atom is 0.358 e. The topological polar surface area (TPSA) is 46.6 Å². The van der Waals surface area contributed by atoms with E-state index in [1.54, 1.807) is 0 Å². The molecule has 0 bridgehead atoms. The number of carbonyl (C=O) groups is 2. The Morgan fingerprint density at radius 3 is 2.47 bits per heavy atom. The van der Waals surface area contributed by atoms with Crippen molar-refractivity contribution in [2.75, 3.05) is 7.11 Å². The van der Waals surface area contributed by atoms with E-state index >= 15 is 0 Å². The number of alkyl halides is 4. The largest absolute Gasteiger partial charge is 0.466 e. The molecule has 102 valence electrons. The fraction of sp³-hybridized carbons (Fsp3) is 0.273. The second-order valence-corrected chi connectivity index (χ2v) is 7.12. The first kappa shape index (κ1) is 14.4. The lowest BCUT2D eigenvalue weighted by Crippen LogP contribution is -2.52. The molecule has 0 aromatic heterocycles. The Balaban J connectivity index is 2.57. The Morgan fingerprint density at radius 2 is 1.95 bits per heavy atom. The van der Waals surface area contributed by atoms with Crippen LogP contribution in [0.25, 0.3) is 0 Å². The van der Waals surface area contributed by atoms with Crippen molar-refractivity contribution in [2.24, 2.45) is 0 Å². The van der Waals surface area contributed by atoms with Gasteiger partial charge in [-0.15, -0.1) is 0 Å². The van der Waals surface area contributed by atoms with Gasteiger partial charge >= 0.3 is 12.0 Å². The Morgan fingerprint density at radius 1 is 1.37 bits per heavy atom. The highest BCUT2D eigenvalue weighted by molar-refractivity contribution is 9.25. The highest BCUT2D eigenvalue weighted by Crippen LogP contribution is 2.50. The number of nitrogens with zero attached hydrogens (tertiary/aromatic N) is 1. The number of halogens is 4. The summed E-state index contributed by atoms with van der Waals surface area (Å²) in [6, 6.07) is 1.65. The molecular weight excluding hydrogens is 392 g/mol. The molecule has 2 rings (SSSR count). The molecule has 8 heteroatoms. The van der Waals surface area contributed by atoms with Crippen LogP contribution in [0.5, 0.6) is 0 Å². The van der Waals surface area contributed by atoms with E-state index in [-0.39, 0.29) is 10.5 Å². The van der Waals surface area contributed by atoms with E-state index in [0.29, 0.717) is 0 Å². The van der Waals surface area contributed by atoms with Crippen LogP contribution < -0.4 is 0 Å². The number of carbonyl (C=O) groups excluding carboxylic acids is 2. The van der Waals surface area contributed by atoms with Crippen molar-refractivity contribution < 1.29 is 23.1 Å². The standard InChI is InChI=1S/C11H7Br2F2NO3/c1-19-9(18)10(12,13)16-8(17)6-4-2-3-5-7(6)11(16,14)15/h2-5H,1H3. The number of rotatable bonds is 2. The molecule has 1 aliphatic rings. The van der Waals surface area contributed by atoms with Crippen LogP contribution in [0, 0.1) is 0 Å². The summed E-state index contributed by atoms with van der Waals surface area (Å²) in [5.41, 5.74) is -0.605. The normalized spacial score (nSPS) is 17.3. The monoisotopic (exact) mass is 397 g/mol. The fourth-order valence-electron chi connectivity index (χ4n) is 1.82. The van der Waals surface area contributed by atoms with Crippen molar-refractivity contribution in [1.82, 2.24) is 4.90 Å². The Hall–Kier alpha value is -1.02. The minimum Gasteiger partial charge on any atom is -0.466 e. The number of methoxy groups -OCH3 is 1. The van der Waals surface area contributed by atoms with Crippen molar-refractivity contribution in [2.45, 2.75) is 9.40 Å². The predicted octanol–water partition coefficient (Wildman–Crippen LogP) is 2.81. The average Bonchev–Trinajstić information content (AvgIpc) is 2.57. The molecule has 0 saturated heterocycles. The molecule has 19 heavy (non-hydrogen) atoms. The summed E-state index contributed by atoms with van der Waals surface area (Å²) in [7, 11) is 1.03. The number of amides is 1. The number of hydrogen-bond donors (Lipinski definition) is 0. The number of benzene rings is 1. The van der Waals surface area contributed by atoms with Crippen LogP contribution in [-0.4, -0.2) is 27.2 Å². The van der Waals surface area contributed by atoms with E-state index in [4.69, 9.17) is 0 Å². The first-order valence-corrected chi connectivity index (χ1v) is 6.61. The van der Waals surface area contributed by atoms with Crippen molar-refractivity contribution in [3.8, 4) is 0 Å². The van der Waals surface area contributed by atoms with Gasteiger partial charge in [-0.05, 0) is 37.9 Å². The zero-order chi connectivity index (χ0) is 14.4. The summed E-state index contributed by atoms with van der Waals surface area (Å²) < 4.78 is 30.8. The van der Waals surface area contributed by atoms with E-state index in [1.807, 2.05) is 0 Å². The summed E-state index contributed by atoms with van der Waals surface area (Å²) >= 11 is 5.55. The fourth-order valence-corrected chi connectivity index (χ4v) is 2.91. The van der Waals surface area contributed by atoms with Crippen molar-refractivity contribution >= 4 is 43.7 Å². The van der Waals surface area contributed by atoms with E-state index in [2.05, 4.69) is 36.6 Å². The molecule has 1 amide bonds. The van der Waals surface area contributed by atoms with Gasteiger partial charge in [0.05, 0.1) is 18.2 Å². The number of esters is 1. The lowest BCUT2D eigenvalue weighted by molar-refractivity contribution is -0.162. The number of hydrogen-bond acceptors (Lipinski definition) is 3.